The van der Waals surface area contributed by atoms with Crippen LogP contribution < -0.4 is 14.4 Å². The number of anilines is 1. The van der Waals surface area contributed by atoms with E-state index < -0.39 is 28.5 Å². The Bertz CT molecular complexity index is 1360. The smallest absolute Gasteiger partial charge is 0.264 e. The summed E-state index contributed by atoms with van der Waals surface area (Å²) in [6, 6.07) is 21.7. The summed E-state index contributed by atoms with van der Waals surface area (Å²) >= 11 is 0. The van der Waals surface area contributed by atoms with Crippen molar-refractivity contribution in [3.05, 3.63) is 90.0 Å². The monoisotopic (exact) mass is 565 g/mol. The molecule has 0 aliphatic carbocycles. The first-order valence-corrected chi connectivity index (χ1v) is 15.1. The van der Waals surface area contributed by atoms with Crippen LogP contribution in [0.2, 0.25) is 0 Å². The zero-order chi connectivity index (χ0) is 29.1. The molecule has 40 heavy (non-hydrogen) atoms. The third-order valence-corrected chi connectivity index (χ3v) is 8.23. The highest BCUT2D eigenvalue weighted by Crippen LogP contribution is 2.33. The summed E-state index contributed by atoms with van der Waals surface area (Å²) in [7, 11) is -4.16. The van der Waals surface area contributed by atoms with Gasteiger partial charge in [-0.05, 0) is 56.5 Å². The normalized spacial score (nSPS) is 11.9. The number of carbonyl (C=O) groups is 2. The molecule has 0 fully saturated rings. The maximum atomic E-state index is 14.1. The minimum absolute atomic E-state index is 0.0481. The molecule has 2 amide bonds. The van der Waals surface area contributed by atoms with Crippen molar-refractivity contribution in [2.24, 2.45) is 0 Å². The topological polar surface area (TPSA) is 96.0 Å². The van der Waals surface area contributed by atoms with Crippen LogP contribution in [0.3, 0.4) is 0 Å². The fourth-order valence-corrected chi connectivity index (χ4v) is 5.80. The first kappa shape index (κ1) is 30.7. The number of carbonyl (C=O) groups excluding carboxylic acids is 2. The molecule has 0 aliphatic heterocycles. The number of amides is 2. The number of benzene rings is 3. The lowest BCUT2D eigenvalue weighted by Crippen LogP contribution is -2.52. The van der Waals surface area contributed by atoms with Crippen molar-refractivity contribution in [3.63, 3.8) is 0 Å². The van der Waals surface area contributed by atoms with Crippen LogP contribution >= 0.6 is 0 Å². The molecule has 0 saturated heterocycles. The molecule has 0 spiro atoms. The van der Waals surface area contributed by atoms with Crippen molar-refractivity contribution in [1.82, 2.24) is 10.2 Å². The second kappa shape index (κ2) is 14.5. The molecule has 0 heterocycles. The van der Waals surface area contributed by atoms with Crippen molar-refractivity contribution in [2.45, 2.75) is 58.0 Å². The first-order valence-electron chi connectivity index (χ1n) is 13.6. The number of hydrogen-bond acceptors (Lipinski definition) is 5. The highest BCUT2D eigenvalue weighted by Gasteiger charge is 2.34. The minimum atomic E-state index is -4.16. The highest BCUT2D eigenvalue weighted by molar-refractivity contribution is 7.92. The molecule has 1 atom stereocenters. The lowest BCUT2D eigenvalue weighted by molar-refractivity contribution is -0.140. The molecule has 214 valence electrons. The predicted molar refractivity (Wildman–Crippen MR) is 158 cm³/mol. The Morgan fingerprint density at radius 1 is 0.900 bits per heavy atom. The van der Waals surface area contributed by atoms with Crippen molar-refractivity contribution in [3.8, 4) is 5.75 Å². The molecule has 0 aromatic heterocycles. The van der Waals surface area contributed by atoms with E-state index in [1.165, 1.54) is 17.0 Å². The molecule has 3 aromatic rings. The number of sulfonamides is 1. The molecule has 0 saturated carbocycles. The Balaban J connectivity index is 2.08. The molecular weight excluding hydrogens is 526 g/mol. The van der Waals surface area contributed by atoms with E-state index in [0.717, 1.165) is 21.9 Å². The van der Waals surface area contributed by atoms with E-state index in [9.17, 15) is 18.0 Å². The van der Waals surface area contributed by atoms with Gasteiger partial charge < -0.3 is 15.0 Å². The number of nitrogens with one attached hydrogen (secondary N) is 1. The number of aryl methyl sites for hydroxylation is 1. The number of ether oxygens (including phenoxy) is 1. The van der Waals surface area contributed by atoms with E-state index in [1.54, 1.807) is 42.5 Å². The zero-order valence-electron chi connectivity index (χ0n) is 23.7. The molecular formula is C31H39N3O5S. The first-order chi connectivity index (χ1) is 19.2. The van der Waals surface area contributed by atoms with Crippen molar-refractivity contribution < 1.29 is 22.7 Å². The average Bonchev–Trinajstić information content (AvgIpc) is 2.96. The van der Waals surface area contributed by atoms with Gasteiger partial charge in [0.05, 0.1) is 17.2 Å². The summed E-state index contributed by atoms with van der Waals surface area (Å²) in [5.41, 5.74) is 2.16. The number of nitrogens with zero attached hydrogens (tertiary/aromatic N) is 2. The number of rotatable bonds is 14. The van der Waals surface area contributed by atoms with Gasteiger partial charge in [-0.1, -0.05) is 74.0 Å². The second-order valence-electron chi connectivity index (χ2n) is 9.45. The van der Waals surface area contributed by atoms with Crippen molar-refractivity contribution >= 4 is 27.5 Å². The van der Waals surface area contributed by atoms with Gasteiger partial charge in [0.15, 0.2) is 0 Å². The molecule has 9 heteroatoms. The van der Waals surface area contributed by atoms with Crippen molar-refractivity contribution in [2.75, 3.05) is 24.0 Å². The van der Waals surface area contributed by atoms with E-state index >= 15 is 0 Å². The molecule has 0 aliphatic rings. The van der Waals surface area contributed by atoms with Gasteiger partial charge in [-0.3, -0.25) is 13.9 Å². The summed E-state index contributed by atoms with van der Waals surface area (Å²) in [6.07, 6.45) is 1.12. The molecule has 0 radical (unpaired) electrons. The number of para-hydroxylation sites is 2. The summed E-state index contributed by atoms with van der Waals surface area (Å²) in [5, 5.41) is 2.90. The molecule has 8 nitrogen and oxygen atoms in total. The average molecular weight is 566 g/mol. The Kier molecular flexibility index (Phi) is 11.1. The summed E-state index contributed by atoms with van der Waals surface area (Å²) in [5.74, 6) is -0.419. The highest BCUT2D eigenvalue weighted by atomic mass is 32.2. The van der Waals surface area contributed by atoms with E-state index in [0.29, 0.717) is 25.3 Å². The Labute approximate surface area is 238 Å². The summed E-state index contributed by atoms with van der Waals surface area (Å²) in [4.78, 5) is 28.8. The molecule has 1 unspecified atom stereocenters. The van der Waals surface area contributed by atoms with Gasteiger partial charge in [0.1, 0.15) is 18.3 Å². The molecule has 3 rings (SSSR count). The van der Waals surface area contributed by atoms with Gasteiger partial charge in [0, 0.05) is 13.1 Å². The molecule has 1 N–H and O–H groups in total. The van der Waals surface area contributed by atoms with Crippen LogP contribution in [-0.4, -0.2) is 50.9 Å². The van der Waals surface area contributed by atoms with Crippen LogP contribution in [0.5, 0.6) is 5.75 Å². The van der Waals surface area contributed by atoms with Crippen LogP contribution in [0, 0.1) is 6.92 Å². The van der Waals surface area contributed by atoms with E-state index in [-0.39, 0.29) is 23.0 Å². The lowest BCUT2D eigenvalue weighted by Gasteiger charge is -2.33. The third-order valence-electron chi connectivity index (χ3n) is 6.45. The minimum Gasteiger partial charge on any atom is -0.492 e. The largest absolute Gasteiger partial charge is 0.492 e. The van der Waals surface area contributed by atoms with Crippen LogP contribution in [0.25, 0.3) is 0 Å². The Morgan fingerprint density at radius 2 is 1.55 bits per heavy atom. The fraction of sp³-hybridized carbons (Fsp3) is 0.355. The van der Waals surface area contributed by atoms with Crippen LogP contribution in [0.1, 0.15) is 44.7 Å². The van der Waals surface area contributed by atoms with Crippen LogP contribution in [0.4, 0.5) is 5.69 Å². The SMILES string of the molecule is CCCNC(=O)C(CC)N(Cc1ccc(C)cc1)C(=O)CN(c1ccccc1OCC)S(=O)(=O)c1ccccc1. The maximum Gasteiger partial charge on any atom is 0.264 e. The quantitative estimate of drug-likeness (QED) is 0.299. The third kappa shape index (κ3) is 7.63. The predicted octanol–water partition coefficient (Wildman–Crippen LogP) is 4.92. The van der Waals surface area contributed by atoms with Crippen LogP contribution in [-0.2, 0) is 26.2 Å². The Morgan fingerprint density at radius 3 is 2.17 bits per heavy atom. The van der Waals surface area contributed by atoms with Crippen LogP contribution in [0.15, 0.2) is 83.8 Å². The standard InChI is InChI=1S/C31H39N3O5S/c1-5-21-32-31(36)27(6-2)33(22-25-19-17-24(4)18-20-25)30(35)23-34(28-15-11-12-16-29(28)39-7-3)40(37,38)26-13-9-8-10-14-26/h8-20,27H,5-7,21-23H2,1-4H3,(H,32,36). The second-order valence-corrected chi connectivity index (χ2v) is 11.3. The molecule has 0 bridgehead atoms. The fourth-order valence-electron chi connectivity index (χ4n) is 4.35. The number of hydrogen-bond donors (Lipinski definition) is 1. The van der Waals surface area contributed by atoms with Gasteiger partial charge in [-0.15, -0.1) is 0 Å². The maximum absolute atomic E-state index is 14.1. The summed E-state index contributed by atoms with van der Waals surface area (Å²) in [6.45, 7) is 8.03. The Hall–Kier alpha value is -3.85. The molecule has 3 aromatic carbocycles. The zero-order valence-corrected chi connectivity index (χ0v) is 24.5. The summed E-state index contributed by atoms with van der Waals surface area (Å²) < 4.78 is 34.8. The van der Waals surface area contributed by atoms with Gasteiger partial charge in [0.25, 0.3) is 10.0 Å². The lowest BCUT2D eigenvalue weighted by atomic mass is 10.1. The van der Waals surface area contributed by atoms with Gasteiger partial charge >= 0.3 is 0 Å². The van der Waals surface area contributed by atoms with Gasteiger partial charge in [-0.2, -0.15) is 0 Å². The van der Waals surface area contributed by atoms with Crippen molar-refractivity contribution in [1.29, 1.82) is 0 Å². The van der Waals surface area contributed by atoms with E-state index in [1.807, 2.05) is 52.0 Å². The van der Waals surface area contributed by atoms with E-state index in [2.05, 4.69) is 5.32 Å². The van der Waals surface area contributed by atoms with E-state index in [4.69, 9.17) is 4.74 Å². The van der Waals surface area contributed by atoms with Gasteiger partial charge in [-0.25, -0.2) is 8.42 Å². The van der Waals surface area contributed by atoms with Gasteiger partial charge in [0.2, 0.25) is 11.8 Å².